The van der Waals surface area contributed by atoms with Crippen molar-refractivity contribution in [3.8, 4) is 5.75 Å². The summed E-state index contributed by atoms with van der Waals surface area (Å²) in [5.41, 5.74) is 7.51. The molecule has 1 heterocycles. The summed E-state index contributed by atoms with van der Waals surface area (Å²) in [4.78, 5) is 1.97. The van der Waals surface area contributed by atoms with Gasteiger partial charge in [-0.25, -0.2) is 0 Å². The molecule has 1 saturated heterocycles. The predicted octanol–water partition coefficient (Wildman–Crippen LogP) is 2.93. The first-order valence-electron chi connectivity index (χ1n) is 6.64. The standard InChI is InChI=1S/C14H19F3N2O/c1-20-12-3-2-10(9-18)13(8-12)19-6-4-11(5-7-19)14(15,16)17/h2-3,8,11H,4-7,9,18H2,1H3. The van der Waals surface area contributed by atoms with Gasteiger partial charge in [-0.1, -0.05) is 6.07 Å². The number of nitrogens with two attached hydrogens (primary N) is 1. The van der Waals surface area contributed by atoms with Crippen molar-refractivity contribution in [3.05, 3.63) is 23.8 Å². The van der Waals surface area contributed by atoms with Crippen molar-refractivity contribution in [1.29, 1.82) is 0 Å². The number of anilines is 1. The van der Waals surface area contributed by atoms with Crippen molar-refractivity contribution in [3.63, 3.8) is 0 Å². The summed E-state index contributed by atoms with van der Waals surface area (Å²) in [6.45, 7) is 1.15. The van der Waals surface area contributed by atoms with Gasteiger partial charge < -0.3 is 15.4 Å². The minimum atomic E-state index is -4.09. The quantitative estimate of drug-likeness (QED) is 0.929. The fourth-order valence-corrected chi connectivity index (χ4v) is 2.59. The Bertz CT molecular complexity index is 454. The van der Waals surface area contributed by atoms with Crippen molar-refractivity contribution < 1.29 is 17.9 Å². The Kier molecular flexibility index (Phi) is 4.42. The van der Waals surface area contributed by atoms with Crippen molar-refractivity contribution >= 4 is 5.69 Å². The van der Waals surface area contributed by atoms with E-state index in [9.17, 15) is 13.2 Å². The molecule has 0 unspecified atom stereocenters. The maximum absolute atomic E-state index is 12.7. The Balaban J connectivity index is 2.13. The molecule has 1 aliphatic heterocycles. The van der Waals surface area contributed by atoms with Gasteiger partial charge in [-0.2, -0.15) is 13.2 Å². The van der Waals surface area contributed by atoms with Crippen molar-refractivity contribution in [1.82, 2.24) is 0 Å². The molecule has 3 nitrogen and oxygen atoms in total. The van der Waals surface area contributed by atoms with Crippen LogP contribution in [0.2, 0.25) is 0 Å². The Morgan fingerprint density at radius 3 is 2.45 bits per heavy atom. The average Bonchev–Trinajstić information content (AvgIpc) is 2.45. The summed E-state index contributed by atoms with van der Waals surface area (Å²) in [7, 11) is 1.57. The number of piperidine rings is 1. The Morgan fingerprint density at radius 2 is 1.95 bits per heavy atom. The number of benzene rings is 1. The van der Waals surface area contributed by atoms with Gasteiger partial charge in [0.25, 0.3) is 0 Å². The van der Waals surface area contributed by atoms with Crippen LogP contribution in [-0.4, -0.2) is 26.4 Å². The zero-order chi connectivity index (χ0) is 14.8. The summed E-state index contributed by atoms with van der Waals surface area (Å²) in [5, 5.41) is 0. The third kappa shape index (κ3) is 3.17. The molecule has 0 aromatic heterocycles. The number of ether oxygens (including phenoxy) is 1. The van der Waals surface area contributed by atoms with E-state index in [1.165, 1.54) is 0 Å². The summed E-state index contributed by atoms with van der Waals surface area (Å²) in [6.07, 6.45) is -3.83. The molecule has 2 rings (SSSR count). The molecule has 6 heteroatoms. The van der Waals surface area contributed by atoms with Crippen LogP contribution in [0.4, 0.5) is 18.9 Å². The lowest BCUT2D eigenvalue weighted by Crippen LogP contribution is -2.39. The molecular weight excluding hydrogens is 269 g/mol. The highest BCUT2D eigenvalue weighted by atomic mass is 19.4. The number of methoxy groups -OCH3 is 1. The van der Waals surface area contributed by atoms with E-state index in [4.69, 9.17) is 10.5 Å². The van der Waals surface area contributed by atoms with Gasteiger partial charge >= 0.3 is 6.18 Å². The Labute approximate surface area is 116 Å². The molecule has 0 aliphatic carbocycles. The minimum absolute atomic E-state index is 0.130. The van der Waals surface area contributed by atoms with Gasteiger partial charge in [0.1, 0.15) is 5.75 Å². The predicted molar refractivity (Wildman–Crippen MR) is 71.9 cm³/mol. The second-order valence-electron chi connectivity index (χ2n) is 5.00. The molecule has 1 aromatic rings. The molecule has 0 spiro atoms. The molecule has 2 N–H and O–H groups in total. The number of halogens is 3. The van der Waals surface area contributed by atoms with Gasteiger partial charge in [-0.05, 0) is 24.5 Å². The zero-order valence-electron chi connectivity index (χ0n) is 11.4. The largest absolute Gasteiger partial charge is 0.497 e. The summed E-state index contributed by atoms with van der Waals surface area (Å²) in [6, 6.07) is 5.52. The van der Waals surface area contributed by atoms with Crippen molar-refractivity contribution in [2.24, 2.45) is 11.7 Å². The van der Waals surface area contributed by atoms with E-state index in [1.54, 1.807) is 7.11 Å². The van der Waals surface area contributed by atoms with Gasteiger partial charge in [0, 0.05) is 31.4 Å². The van der Waals surface area contributed by atoms with Crippen LogP contribution in [-0.2, 0) is 6.54 Å². The van der Waals surface area contributed by atoms with Crippen LogP contribution < -0.4 is 15.4 Å². The fourth-order valence-electron chi connectivity index (χ4n) is 2.59. The Hall–Kier alpha value is -1.43. The highest BCUT2D eigenvalue weighted by Crippen LogP contribution is 2.36. The average molecular weight is 288 g/mol. The zero-order valence-corrected chi connectivity index (χ0v) is 11.4. The van der Waals surface area contributed by atoms with Gasteiger partial charge in [-0.3, -0.25) is 0 Å². The van der Waals surface area contributed by atoms with Crippen LogP contribution in [0, 0.1) is 5.92 Å². The summed E-state index contributed by atoms with van der Waals surface area (Å²) >= 11 is 0. The molecule has 112 valence electrons. The molecule has 0 saturated carbocycles. The fraction of sp³-hybridized carbons (Fsp3) is 0.571. The van der Waals surface area contributed by atoms with Crippen LogP contribution in [0.3, 0.4) is 0 Å². The summed E-state index contributed by atoms with van der Waals surface area (Å²) < 4.78 is 43.2. The monoisotopic (exact) mass is 288 g/mol. The lowest BCUT2D eigenvalue weighted by atomic mass is 9.95. The van der Waals surface area contributed by atoms with E-state index in [0.29, 0.717) is 25.4 Å². The van der Waals surface area contributed by atoms with E-state index in [1.807, 2.05) is 23.1 Å². The maximum Gasteiger partial charge on any atom is 0.391 e. The molecule has 0 bridgehead atoms. The number of hydrogen-bond acceptors (Lipinski definition) is 3. The number of rotatable bonds is 3. The second-order valence-corrected chi connectivity index (χ2v) is 5.00. The van der Waals surface area contributed by atoms with E-state index in [-0.39, 0.29) is 12.8 Å². The lowest BCUT2D eigenvalue weighted by Gasteiger charge is -2.35. The van der Waals surface area contributed by atoms with Gasteiger partial charge in [-0.15, -0.1) is 0 Å². The van der Waals surface area contributed by atoms with Gasteiger partial charge in [0.2, 0.25) is 0 Å². The van der Waals surface area contributed by atoms with Crippen molar-refractivity contribution in [2.45, 2.75) is 25.6 Å². The van der Waals surface area contributed by atoms with E-state index in [0.717, 1.165) is 11.3 Å². The first-order valence-corrected chi connectivity index (χ1v) is 6.64. The molecule has 1 aromatic carbocycles. The topological polar surface area (TPSA) is 38.5 Å². The number of hydrogen-bond donors (Lipinski definition) is 1. The van der Waals surface area contributed by atoms with Crippen LogP contribution in [0.5, 0.6) is 5.75 Å². The molecule has 0 radical (unpaired) electrons. The first-order chi connectivity index (χ1) is 9.45. The molecule has 1 fully saturated rings. The van der Waals surface area contributed by atoms with Crippen LogP contribution in [0.1, 0.15) is 18.4 Å². The smallest absolute Gasteiger partial charge is 0.391 e. The van der Waals surface area contributed by atoms with Gasteiger partial charge in [0.05, 0.1) is 13.0 Å². The molecular formula is C14H19F3N2O. The van der Waals surface area contributed by atoms with Crippen LogP contribution in [0.15, 0.2) is 18.2 Å². The number of nitrogens with zero attached hydrogens (tertiary/aromatic N) is 1. The SMILES string of the molecule is COc1ccc(CN)c(N2CCC(C(F)(F)F)CC2)c1. The normalized spacial score (nSPS) is 17.4. The molecule has 1 aliphatic rings. The van der Waals surface area contributed by atoms with E-state index in [2.05, 4.69) is 0 Å². The minimum Gasteiger partial charge on any atom is -0.497 e. The van der Waals surface area contributed by atoms with Crippen LogP contribution in [0.25, 0.3) is 0 Å². The van der Waals surface area contributed by atoms with Crippen molar-refractivity contribution in [2.75, 3.05) is 25.1 Å². The van der Waals surface area contributed by atoms with E-state index < -0.39 is 12.1 Å². The molecule has 20 heavy (non-hydrogen) atoms. The first kappa shape index (κ1) is 15.0. The van der Waals surface area contributed by atoms with Crippen LogP contribution >= 0.6 is 0 Å². The third-order valence-electron chi connectivity index (χ3n) is 3.81. The Morgan fingerprint density at radius 1 is 1.30 bits per heavy atom. The molecule has 0 amide bonds. The number of alkyl halides is 3. The highest BCUT2D eigenvalue weighted by Gasteiger charge is 2.41. The van der Waals surface area contributed by atoms with Gasteiger partial charge in [0.15, 0.2) is 0 Å². The third-order valence-corrected chi connectivity index (χ3v) is 3.81. The summed E-state index contributed by atoms with van der Waals surface area (Å²) in [5.74, 6) is -0.499. The maximum atomic E-state index is 12.7. The lowest BCUT2D eigenvalue weighted by molar-refractivity contribution is -0.179. The second kappa shape index (κ2) is 5.91. The van der Waals surface area contributed by atoms with E-state index >= 15 is 0 Å². The highest BCUT2D eigenvalue weighted by molar-refractivity contribution is 5.57. The molecule has 0 atom stereocenters.